The third kappa shape index (κ3) is 2.21. The van der Waals surface area contributed by atoms with Crippen LogP contribution in [-0.2, 0) is 4.74 Å². The maximum atomic E-state index is 12.6. The lowest BCUT2D eigenvalue weighted by molar-refractivity contribution is 0.0518. The molecule has 3 nitrogen and oxygen atoms in total. The van der Waals surface area contributed by atoms with Crippen molar-refractivity contribution < 1.29 is 18.3 Å². The second kappa shape index (κ2) is 3.93. The number of nitrogens with zero attached hydrogens (tertiary/aromatic N) is 1. The van der Waals surface area contributed by atoms with Crippen LogP contribution in [0.1, 0.15) is 17.4 Å². The maximum absolute atomic E-state index is 12.6. The number of carbonyl (C=O) groups is 1. The Hall–Kier alpha value is -1.52. The van der Waals surface area contributed by atoms with Gasteiger partial charge in [-0.15, -0.1) is 0 Å². The van der Waals surface area contributed by atoms with Gasteiger partial charge < -0.3 is 4.74 Å². The average molecular weight is 187 g/mol. The van der Waals surface area contributed by atoms with Gasteiger partial charge in [-0.2, -0.15) is 0 Å². The number of esters is 1. The highest BCUT2D eigenvalue weighted by atomic mass is 19.2. The molecule has 0 unspecified atom stereocenters. The van der Waals surface area contributed by atoms with E-state index in [1.807, 2.05) is 0 Å². The standard InChI is InChI=1S/C8H7F2NO2/c1-2-13-8(12)7-3-5(9)6(10)4-11-7/h3-4H,2H2,1H3. The van der Waals surface area contributed by atoms with Crippen LogP contribution in [0.4, 0.5) is 8.78 Å². The summed E-state index contributed by atoms with van der Waals surface area (Å²) in [6.07, 6.45) is 0.640. The number of rotatable bonds is 2. The first-order chi connectivity index (χ1) is 6.15. The third-order valence-electron chi connectivity index (χ3n) is 1.29. The Morgan fingerprint density at radius 1 is 1.54 bits per heavy atom. The largest absolute Gasteiger partial charge is 0.461 e. The van der Waals surface area contributed by atoms with E-state index in [1.54, 1.807) is 6.92 Å². The number of hydrogen-bond acceptors (Lipinski definition) is 3. The van der Waals surface area contributed by atoms with Crippen LogP contribution in [-0.4, -0.2) is 17.6 Å². The number of ether oxygens (including phenoxy) is 1. The van der Waals surface area contributed by atoms with Crippen LogP contribution >= 0.6 is 0 Å². The number of halogens is 2. The van der Waals surface area contributed by atoms with Crippen LogP contribution in [0.5, 0.6) is 0 Å². The first-order valence-corrected chi connectivity index (χ1v) is 3.63. The van der Waals surface area contributed by atoms with Gasteiger partial charge >= 0.3 is 5.97 Å². The summed E-state index contributed by atoms with van der Waals surface area (Å²) in [6.45, 7) is 1.78. The molecule has 1 aromatic rings. The molecule has 5 heteroatoms. The van der Waals surface area contributed by atoms with E-state index >= 15 is 0 Å². The molecule has 0 aliphatic carbocycles. The Kier molecular flexibility index (Phi) is 2.89. The lowest BCUT2D eigenvalue weighted by Crippen LogP contribution is -2.07. The van der Waals surface area contributed by atoms with Crippen molar-refractivity contribution in [3.63, 3.8) is 0 Å². The maximum Gasteiger partial charge on any atom is 0.357 e. The smallest absolute Gasteiger partial charge is 0.357 e. The molecular weight excluding hydrogens is 180 g/mol. The predicted molar refractivity (Wildman–Crippen MR) is 40.1 cm³/mol. The number of pyridine rings is 1. The van der Waals surface area contributed by atoms with Crippen molar-refractivity contribution in [3.8, 4) is 0 Å². The topological polar surface area (TPSA) is 39.2 Å². The Bertz CT molecular complexity index is 328. The molecule has 0 aromatic carbocycles. The van der Waals surface area contributed by atoms with Crippen LogP contribution in [0, 0.1) is 11.6 Å². The average Bonchev–Trinajstić information content (AvgIpc) is 2.10. The number of carbonyl (C=O) groups excluding carboxylic acids is 1. The molecule has 1 aromatic heterocycles. The molecule has 0 saturated carbocycles. The van der Waals surface area contributed by atoms with Crippen molar-refractivity contribution in [2.75, 3.05) is 6.61 Å². The fourth-order valence-corrected chi connectivity index (χ4v) is 0.731. The van der Waals surface area contributed by atoms with Gasteiger partial charge in [-0.25, -0.2) is 18.6 Å². The van der Waals surface area contributed by atoms with Gasteiger partial charge in [0.15, 0.2) is 17.3 Å². The molecule has 0 atom stereocenters. The second-order valence-electron chi connectivity index (χ2n) is 2.20. The SMILES string of the molecule is CCOC(=O)c1cc(F)c(F)cn1. The fraction of sp³-hybridized carbons (Fsp3) is 0.250. The van der Waals surface area contributed by atoms with Crippen molar-refractivity contribution in [3.05, 3.63) is 29.6 Å². The van der Waals surface area contributed by atoms with E-state index in [-0.39, 0.29) is 12.3 Å². The molecule has 1 rings (SSSR count). The minimum absolute atomic E-state index is 0.166. The summed E-state index contributed by atoms with van der Waals surface area (Å²) in [7, 11) is 0. The normalized spacial score (nSPS) is 9.77. The number of hydrogen-bond donors (Lipinski definition) is 0. The molecule has 70 valence electrons. The van der Waals surface area contributed by atoms with Gasteiger partial charge in [-0.1, -0.05) is 0 Å². The van der Waals surface area contributed by atoms with E-state index in [0.717, 1.165) is 0 Å². The Morgan fingerprint density at radius 2 is 2.23 bits per heavy atom. The molecule has 0 fully saturated rings. The van der Waals surface area contributed by atoms with E-state index in [4.69, 9.17) is 0 Å². The summed E-state index contributed by atoms with van der Waals surface area (Å²) in [4.78, 5) is 14.3. The molecule has 0 bridgehead atoms. The van der Waals surface area contributed by atoms with Crippen molar-refractivity contribution >= 4 is 5.97 Å². The monoisotopic (exact) mass is 187 g/mol. The van der Waals surface area contributed by atoms with Gasteiger partial charge in [0.05, 0.1) is 12.8 Å². The van der Waals surface area contributed by atoms with Gasteiger partial charge in [-0.05, 0) is 6.92 Å². The van der Waals surface area contributed by atoms with E-state index in [1.165, 1.54) is 0 Å². The van der Waals surface area contributed by atoms with E-state index in [9.17, 15) is 13.6 Å². The Labute approximate surface area is 73.4 Å². The molecule has 0 spiro atoms. The zero-order valence-corrected chi connectivity index (χ0v) is 6.88. The molecule has 0 radical (unpaired) electrons. The molecular formula is C8H7F2NO2. The van der Waals surface area contributed by atoms with Gasteiger partial charge in [0.1, 0.15) is 0 Å². The lowest BCUT2D eigenvalue weighted by atomic mass is 10.3. The van der Waals surface area contributed by atoms with E-state index in [2.05, 4.69) is 9.72 Å². The van der Waals surface area contributed by atoms with Gasteiger partial charge in [0.25, 0.3) is 0 Å². The Balaban J connectivity index is 2.90. The quantitative estimate of drug-likeness (QED) is 0.659. The van der Waals surface area contributed by atoms with Crippen molar-refractivity contribution in [2.45, 2.75) is 6.92 Å². The lowest BCUT2D eigenvalue weighted by Gasteiger charge is -2.00. The van der Waals surface area contributed by atoms with Crippen LogP contribution in [0.3, 0.4) is 0 Å². The van der Waals surface area contributed by atoms with Crippen molar-refractivity contribution in [1.82, 2.24) is 4.98 Å². The van der Waals surface area contributed by atoms with Crippen LogP contribution in [0.25, 0.3) is 0 Å². The zero-order valence-electron chi connectivity index (χ0n) is 6.88. The second-order valence-corrected chi connectivity index (χ2v) is 2.20. The van der Waals surface area contributed by atoms with E-state index in [0.29, 0.717) is 12.3 Å². The molecule has 0 saturated heterocycles. The molecule has 0 amide bonds. The van der Waals surface area contributed by atoms with Gasteiger partial charge in [-0.3, -0.25) is 0 Å². The molecule has 1 heterocycles. The Morgan fingerprint density at radius 3 is 2.77 bits per heavy atom. The summed E-state index contributed by atoms with van der Waals surface area (Å²) in [5.74, 6) is -2.97. The summed E-state index contributed by atoms with van der Waals surface area (Å²) in [6, 6.07) is 0.702. The van der Waals surface area contributed by atoms with Gasteiger partial charge in [0, 0.05) is 6.07 Å². The predicted octanol–water partition coefficient (Wildman–Crippen LogP) is 1.54. The van der Waals surface area contributed by atoms with E-state index < -0.39 is 17.6 Å². The molecule has 13 heavy (non-hydrogen) atoms. The van der Waals surface area contributed by atoms with Gasteiger partial charge in [0.2, 0.25) is 0 Å². The fourth-order valence-electron chi connectivity index (χ4n) is 0.731. The third-order valence-corrected chi connectivity index (χ3v) is 1.29. The van der Waals surface area contributed by atoms with Crippen LogP contribution < -0.4 is 0 Å². The van der Waals surface area contributed by atoms with Crippen molar-refractivity contribution in [1.29, 1.82) is 0 Å². The zero-order chi connectivity index (χ0) is 9.84. The summed E-state index contributed by atoms with van der Waals surface area (Å²) in [5, 5.41) is 0. The first-order valence-electron chi connectivity index (χ1n) is 3.63. The van der Waals surface area contributed by atoms with Crippen molar-refractivity contribution in [2.24, 2.45) is 0 Å². The summed E-state index contributed by atoms with van der Waals surface area (Å²) in [5.41, 5.74) is -0.235. The highest BCUT2D eigenvalue weighted by molar-refractivity contribution is 5.87. The number of aromatic nitrogens is 1. The highest BCUT2D eigenvalue weighted by Gasteiger charge is 2.11. The minimum Gasteiger partial charge on any atom is -0.461 e. The minimum atomic E-state index is -1.11. The van der Waals surface area contributed by atoms with Crippen LogP contribution in [0.15, 0.2) is 12.3 Å². The first kappa shape index (κ1) is 9.57. The molecule has 0 aliphatic rings. The molecule has 0 aliphatic heterocycles. The summed E-state index contributed by atoms with van der Waals surface area (Å²) < 4.78 is 29.4. The van der Waals surface area contributed by atoms with Crippen LogP contribution in [0.2, 0.25) is 0 Å². The summed E-state index contributed by atoms with van der Waals surface area (Å²) >= 11 is 0. The molecule has 0 N–H and O–H groups in total. The highest BCUT2D eigenvalue weighted by Crippen LogP contribution is 2.06.